The second kappa shape index (κ2) is 9.55. The van der Waals surface area contributed by atoms with Crippen LogP contribution in [0.25, 0.3) is 6.08 Å². The Morgan fingerprint density at radius 2 is 2.00 bits per heavy atom. The Hall–Kier alpha value is -2.18. The van der Waals surface area contributed by atoms with Crippen molar-refractivity contribution in [2.24, 2.45) is 0 Å². The zero-order valence-electron chi connectivity index (χ0n) is 15.1. The van der Waals surface area contributed by atoms with Gasteiger partial charge in [-0.05, 0) is 71.0 Å². The number of nitro groups is 1. The molecular weight excluding hydrogens is 527 g/mol. The van der Waals surface area contributed by atoms with Crippen molar-refractivity contribution in [1.82, 2.24) is 5.32 Å². The number of amides is 1. The highest BCUT2D eigenvalue weighted by Crippen LogP contribution is 2.36. The van der Waals surface area contributed by atoms with Crippen LogP contribution in [0.2, 0.25) is 0 Å². The van der Waals surface area contributed by atoms with Gasteiger partial charge >= 0.3 is 0 Å². The molecule has 1 saturated heterocycles. The largest absolute Gasteiger partial charge is 0.490 e. The summed E-state index contributed by atoms with van der Waals surface area (Å²) in [5.74, 6) is 0.914. The maximum absolute atomic E-state index is 11.9. The summed E-state index contributed by atoms with van der Waals surface area (Å²) >= 11 is 8.38. The van der Waals surface area contributed by atoms with Gasteiger partial charge in [-0.25, -0.2) is 0 Å². The standard InChI is InChI=1S/C19H15IN2O5S2/c1-2-26-15-8-12(9-16-18(23)21-19(28)29-16)7-14(20)17(15)27-10-11-3-5-13(6-4-11)22(24)25/h3-9H,2,10H2,1H3,(H,21,23,28)/b16-9-. The minimum atomic E-state index is -0.441. The van der Waals surface area contributed by atoms with Gasteiger partial charge in [0.05, 0.1) is 20.0 Å². The van der Waals surface area contributed by atoms with Gasteiger partial charge in [0.2, 0.25) is 0 Å². The lowest BCUT2D eigenvalue weighted by Gasteiger charge is -2.15. The molecule has 0 aromatic heterocycles. The Balaban J connectivity index is 1.82. The molecule has 29 heavy (non-hydrogen) atoms. The average Bonchev–Trinajstić information content (AvgIpc) is 2.98. The summed E-state index contributed by atoms with van der Waals surface area (Å²) in [6.07, 6.45) is 1.75. The van der Waals surface area contributed by atoms with E-state index in [1.165, 1.54) is 23.9 Å². The van der Waals surface area contributed by atoms with Gasteiger partial charge in [0, 0.05) is 12.1 Å². The Kier molecular flexibility index (Phi) is 7.09. The summed E-state index contributed by atoms with van der Waals surface area (Å²) in [7, 11) is 0. The topological polar surface area (TPSA) is 90.7 Å². The van der Waals surface area contributed by atoms with Gasteiger partial charge in [0.25, 0.3) is 11.6 Å². The number of hydrogen-bond donors (Lipinski definition) is 1. The van der Waals surface area contributed by atoms with Gasteiger partial charge in [-0.2, -0.15) is 0 Å². The lowest BCUT2D eigenvalue weighted by Crippen LogP contribution is -2.17. The quantitative estimate of drug-likeness (QED) is 0.179. The molecule has 0 aliphatic carbocycles. The number of nitro benzene ring substituents is 1. The molecule has 1 aliphatic heterocycles. The van der Waals surface area contributed by atoms with Crippen LogP contribution in [-0.2, 0) is 11.4 Å². The molecule has 0 bridgehead atoms. The predicted octanol–water partition coefficient (Wildman–Crippen LogP) is 4.67. The van der Waals surface area contributed by atoms with E-state index in [2.05, 4.69) is 27.9 Å². The van der Waals surface area contributed by atoms with Gasteiger partial charge in [0.15, 0.2) is 11.5 Å². The van der Waals surface area contributed by atoms with Gasteiger partial charge in [-0.15, -0.1) is 0 Å². The first-order chi connectivity index (χ1) is 13.9. The van der Waals surface area contributed by atoms with Crippen molar-refractivity contribution in [2.45, 2.75) is 13.5 Å². The third-order valence-corrected chi connectivity index (χ3v) is 5.77. The van der Waals surface area contributed by atoms with E-state index in [1.54, 1.807) is 24.3 Å². The summed E-state index contributed by atoms with van der Waals surface area (Å²) in [6.45, 7) is 2.56. The Morgan fingerprint density at radius 1 is 1.28 bits per heavy atom. The number of non-ortho nitro benzene ring substituents is 1. The van der Waals surface area contributed by atoms with Crippen LogP contribution in [0.3, 0.4) is 0 Å². The Labute approximate surface area is 190 Å². The van der Waals surface area contributed by atoms with E-state index in [4.69, 9.17) is 21.7 Å². The number of ether oxygens (including phenoxy) is 2. The molecule has 0 spiro atoms. The molecule has 0 atom stereocenters. The van der Waals surface area contributed by atoms with Crippen LogP contribution >= 0.6 is 46.6 Å². The predicted molar refractivity (Wildman–Crippen MR) is 124 cm³/mol. The molecule has 1 aliphatic rings. The molecule has 2 aromatic carbocycles. The molecule has 0 saturated carbocycles. The van der Waals surface area contributed by atoms with Crippen LogP contribution in [-0.4, -0.2) is 21.8 Å². The molecule has 1 fully saturated rings. The smallest absolute Gasteiger partial charge is 0.269 e. The highest BCUT2D eigenvalue weighted by molar-refractivity contribution is 14.1. The number of halogens is 1. The number of nitrogens with zero attached hydrogens (tertiary/aromatic N) is 1. The molecule has 2 aromatic rings. The summed E-state index contributed by atoms with van der Waals surface area (Å²) in [6, 6.07) is 9.88. The zero-order chi connectivity index (χ0) is 21.0. The van der Waals surface area contributed by atoms with E-state index in [-0.39, 0.29) is 18.2 Å². The van der Waals surface area contributed by atoms with Crippen LogP contribution in [0.5, 0.6) is 11.5 Å². The lowest BCUT2D eigenvalue weighted by atomic mass is 10.1. The molecule has 1 heterocycles. The van der Waals surface area contributed by atoms with E-state index in [9.17, 15) is 14.9 Å². The molecule has 1 N–H and O–H groups in total. The number of thiocarbonyl (C=S) groups is 1. The van der Waals surface area contributed by atoms with Crippen molar-refractivity contribution in [3.05, 3.63) is 66.1 Å². The lowest BCUT2D eigenvalue weighted by molar-refractivity contribution is -0.384. The minimum Gasteiger partial charge on any atom is -0.490 e. The summed E-state index contributed by atoms with van der Waals surface area (Å²) in [4.78, 5) is 22.7. The third-order valence-electron chi connectivity index (χ3n) is 3.80. The molecular formula is C19H15IN2O5S2. The molecule has 7 nitrogen and oxygen atoms in total. The maximum Gasteiger partial charge on any atom is 0.269 e. The molecule has 150 valence electrons. The van der Waals surface area contributed by atoms with E-state index in [1.807, 2.05) is 13.0 Å². The SMILES string of the molecule is CCOc1cc(/C=C2\SC(=S)NC2=O)cc(I)c1OCc1ccc([N+](=O)[O-])cc1. The van der Waals surface area contributed by atoms with Crippen LogP contribution in [0.4, 0.5) is 5.69 Å². The number of thioether (sulfide) groups is 1. The monoisotopic (exact) mass is 542 g/mol. The fraction of sp³-hybridized carbons (Fsp3) is 0.158. The first kappa shape index (κ1) is 21.5. The number of nitrogens with one attached hydrogen (secondary N) is 1. The number of hydrogen-bond acceptors (Lipinski definition) is 7. The van der Waals surface area contributed by atoms with Gasteiger partial charge < -0.3 is 14.8 Å². The summed E-state index contributed by atoms with van der Waals surface area (Å²) < 4.78 is 12.9. The second-order valence-electron chi connectivity index (χ2n) is 5.83. The summed E-state index contributed by atoms with van der Waals surface area (Å²) in [5, 5.41) is 13.4. The highest BCUT2D eigenvalue weighted by atomic mass is 127. The second-order valence-corrected chi connectivity index (χ2v) is 8.71. The zero-order valence-corrected chi connectivity index (χ0v) is 18.9. The Bertz CT molecular complexity index is 1010. The van der Waals surface area contributed by atoms with Crippen molar-refractivity contribution in [2.75, 3.05) is 6.61 Å². The van der Waals surface area contributed by atoms with E-state index in [0.29, 0.717) is 27.3 Å². The fourth-order valence-electron chi connectivity index (χ4n) is 2.52. The molecule has 1 amide bonds. The average molecular weight is 542 g/mol. The number of rotatable bonds is 7. The van der Waals surface area contributed by atoms with Gasteiger partial charge in [-0.1, -0.05) is 24.0 Å². The van der Waals surface area contributed by atoms with Crippen molar-refractivity contribution in [3.63, 3.8) is 0 Å². The summed E-state index contributed by atoms with van der Waals surface area (Å²) in [5.41, 5.74) is 1.62. The minimum absolute atomic E-state index is 0.0315. The van der Waals surface area contributed by atoms with Crippen molar-refractivity contribution >= 4 is 68.6 Å². The van der Waals surface area contributed by atoms with Crippen LogP contribution in [0.1, 0.15) is 18.1 Å². The highest BCUT2D eigenvalue weighted by Gasteiger charge is 2.22. The first-order valence-electron chi connectivity index (χ1n) is 8.44. The van der Waals surface area contributed by atoms with Crippen LogP contribution in [0.15, 0.2) is 41.3 Å². The van der Waals surface area contributed by atoms with Crippen molar-refractivity contribution in [3.8, 4) is 11.5 Å². The number of benzene rings is 2. The van der Waals surface area contributed by atoms with Crippen molar-refractivity contribution in [1.29, 1.82) is 0 Å². The van der Waals surface area contributed by atoms with Crippen molar-refractivity contribution < 1.29 is 19.2 Å². The third kappa shape index (κ3) is 5.46. The van der Waals surface area contributed by atoms with E-state index >= 15 is 0 Å². The molecule has 3 rings (SSSR count). The fourth-order valence-corrected chi connectivity index (χ4v) is 4.34. The van der Waals surface area contributed by atoms with Crippen LogP contribution < -0.4 is 14.8 Å². The Morgan fingerprint density at radius 3 is 2.59 bits per heavy atom. The number of carbonyl (C=O) groups is 1. The van der Waals surface area contributed by atoms with Crippen LogP contribution in [0, 0.1) is 13.7 Å². The molecule has 10 heteroatoms. The first-order valence-corrected chi connectivity index (χ1v) is 10.7. The molecule has 0 radical (unpaired) electrons. The molecule has 0 unspecified atom stereocenters. The maximum atomic E-state index is 11.9. The number of carbonyl (C=O) groups excluding carboxylic acids is 1. The van der Waals surface area contributed by atoms with Gasteiger partial charge in [-0.3, -0.25) is 14.9 Å². The van der Waals surface area contributed by atoms with E-state index in [0.717, 1.165) is 14.7 Å². The van der Waals surface area contributed by atoms with Gasteiger partial charge in [0.1, 0.15) is 10.9 Å². The van der Waals surface area contributed by atoms with E-state index < -0.39 is 4.92 Å². The normalized spacial score (nSPS) is 14.8.